The zero-order valence-electron chi connectivity index (χ0n) is 8.78. The van der Waals surface area contributed by atoms with Gasteiger partial charge in [0.1, 0.15) is 7.85 Å². The van der Waals surface area contributed by atoms with Crippen molar-refractivity contribution in [1.82, 2.24) is 0 Å². The highest BCUT2D eigenvalue weighted by Crippen LogP contribution is 2.41. The first-order valence-corrected chi connectivity index (χ1v) is 4.96. The molecule has 0 nitrogen and oxygen atoms in total. The second kappa shape index (κ2) is 3.51. The summed E-state index contributed by atoms with van der Waals surface area (Å²) >= 11 is 0. The fourth-order valence-electron chi connectivity index (χ4n) is 2.27. The molecule has 0 aromatic heterocycles. The van der Waals surface area contributed by atoms with Crippen LogP contribution in [0, 0.1) is 11.8 Å². The third-order valence-corrected chi connectivity index (χ3v) is 3.38. The maximum Gasteiger partial charge on any atom is 0.101 e. The molecule has 0 aliphatic heterocycles. The maximum atomic E-state index is 4.14. The van der Waals surface area contributed by atoms with E-state index in [4.69, 9.17) is 0 Å². The van der Waals surface area contributed by atoms with E-state index in [0.29, 0.717) is 5.92 Å². The molecule has 0 saturated heterocycles. The van der Waals surface area contributed by atoms with E-state index in [1.165, 1.54) is 23.9 Å². The summed E-state index contributed by atoms with van der Waals surface area (Å²) in [5.74, 6) is 1.47. The molecule has 1 aliphatic rings. The number of hydrogen-bond acceptors (Lipinski definition) is 0. The van der Waals surface area contributed by atoms with Gasteiger partial charge in [-0.25, -0.2) is 0 Å². The van der Waals surface area contributed by atoms with Gasteiger partial charge in [-0.3, -0.25) is 0 Å². The van der Waals surface area contributed by atoms with Crippen LogP contribution in [-0.4, -0.2) is 7.85 Å². The number of hydrogen-bond donors (Lipinski definition) is 0. The molecule has 0 radical (unpaired) electrons. The monoisotopic (exact) mass is 162 g/mol. The Kier molecular flexibility index (Phi) is 2.82. The minimum Gasteiger partial charge on any atom is -0.0953 e. The number of rotatable bonds is 2. The summed E-state index contributed by atoms with van der Waals surface area (Å²) in [6.07, 6.45) is 2.61. The lowest BCUT2D eigenvalue weighted by Crippen LogP contribution is -2.07. The van der Waals surface area contributed by atoms with Gasteiger partial charge in [-0.2, -0.15) is 0 Å². The van der Waals surface area contributed by atoms with E-state index >= 15 is 0 Å². The van der Waals surface area contributed by atoms with Crippen molar-refractivity contribution < 1.29 is 0 Å². The third kappa shape index (κ3) is 1.37. The molecule has 66 valence electrons. The maximum absolute atomic E-state index is 4.14. The summed E-state index contributed by atoms with van der Waals surface area (Å²) in [6.45, 7) is 10.9. The van der Waals surface area contributed by atoms with Crippen LogP contribution in [0.4, 0.5) is 0 Å². The van der Waals surface area contributed by atoms with Crippen LogP contribution in [0.1, 0.15) is 27.2 Å². The van der Waals surface area contributed by atoms with E-state index in [1.54, 1.807) is 5.57 Å². The molecule has 1 heteroatoms. The van der Waals surface area contributed by atoms with Gasteiger partial charge in [-0.15, -0.1) is 0 Å². The summed E-state index contributed by atoms with van der Waals surface area (Å²) in [5.41, 5.74) is 4.40. The molecule has 2 unspecified atom stereocenters. The highest BCUT2D eigenvalue weighted by molar-refractivity contribution is 6.08. The van der Waals surface area contributed by atoms with Crippen molar-refractivity contribution in [3.63, 3.8) is 0 Å². The van der Waals surface area contributed by atoms with E-state index in [2.05, 4.69) is 35.2 Å². The first-order chi connectivity index (χ1) is 5.59. The lowest BCUT2D eigenvalue weighted by atomic mass is 9.84. The van der Waals surface area contributed by atoms with Crippen molar-refractivity contribution in [3.8, 4) is 0 Å². The molecule has 0 aromatic carbocycles. The van der Waals surface area contributed by atoms with Gasteiger partial charge < -0.3 is 0 Å². The first kappa shape index (κ1) is 9.63. The highest BCUT2D eigenvalue weighted by atomic mass is 14.3. The van der Waals surface area contributed by atoms with Gasteiger partial charge in [-0.05, 0) is 36.8 Å². The summed E-state index contributed by atoms with van der Waals surface area (Å²) in [6, 6.07) is 0. The Bertz CT molecular complexity index is 225. The molecule has 0 amide bonds. The van der Waals surface area contributed by atoms with E-state index in [9.17, 15) is 0 Å². The van der Waals surface area contributed by atoms with Crippen LogP contribution in [0.5, 0.6) is 0 Å². The largest absolute Gasteiger partial charge is 0.101 e. The Morgan fingerprint density at radius 2 is 2.00 bits per heavy atom. The van der Waals surface area contributed by atoms with E-state index in [-0.39, 0.29) is 0 Å². The Hall–Kier alpha value is -0.455. The lowest BCUT2D eigenvalue weighted by molar-refractivity contribution is 0.482. The van der Waals surface area contributed by atoms with Gasteiger partial charge in [0, 0.05) is 0 Å². The lowest BCUT2D eigenvalue weighted by Gasteiger charge is -2.17. The highest BCUT2D eigenvalue weighted by Gasteiger charge is 2.29. The molecule has 1 aliphatic carbocycles. The van der Waals surface area contributed by atoms with Crippen LogP contribution >= 0.6 is 0 Å². The smallest absolute Gasteiger partial charge is 0.0953 e. The topological polar surface area (TPSA) is 0 Å². The Morgan fingerprint density at radius 3 is 2.33 bits per heavy atom. The molecule has 0 N–H and O–H groups in total. The number of allylic oxidation sites excluding steroid dienone is 3. The van der Waals surface area contributed by atoms with E-state index in [1.807, 2.05) is 0 Å². The zero-order valence-corrected chi connectivity index (χ0v) is 8.78. The summed E-state index contributed by atoms with van der Waals surface area (Å²) in [4.78, 5) is 0. The summed E-state index contributed by atoms with van der Waals surface area (Å²) < 4.78 is 0. The van der Waals surface area contributed by atoms with E-state index in [0.717, 1.165) is 5.92 Å². The van der Waals surface area contributed by atoms with Crippen LogP contribution in [0.15, 0.2) is 23.3 Å². The van der Waals surface area contributed by atoms with Crippen LogP contribution in [-0.2, 0) is 0 Å². The second-order valence-corrected chi connectivity index (χ2v) is 4.02. The fraction of sp³-hybridized carbons (Fsp3) is 0.636. The molecular weight excluding hydrogens is 143 g/mol. The van der Waals surface area contributed by atoms with Gasteiger partial charge in [0.05, 0.1) is 0 Å². The fourth-order valence-corrected chi connectivity index (χ4v) is 2.27. The Labute approximate surface area is 77.2 Å². The normalized spacial score (nSPS) is 30.1. The molecule has 12 heavy (non-hydrogen) atoms. The van der Waals surface area contributed by atoms with Gasteiger partial charge in [-0.1, -0.05) is 31.8 Å². The molecule has 0 bridgehead atoms. The van der Waals surface area contributed by atoms with Crippen molar-refractivity contribution in [1.29, 1.82) is 0 Å². The van der Waals surface area contributed by atoms with Crippen molar-refractivity contribution in [2.45, 2.75) is 33.5 Å². The van der Waals surface area contributed by atoms with Crippen molar-refractivity contribution >= 4 is 7.85 Å². The summed E-state index contributed by atoms with van der Waals surface area (Å²) in [5, 5.41) is 0. The van der Waals surface area contributed by atoms with Crippen molar-refractivity contribution in [2.24, 2.45) is 11.8 Å². The van der Waals surface area contributed by atoms with E-state index < -0.39 is 0 Å². The average molecular weight is 162 g/mol. The van der Waals surface area contributed by atoms with Crippen molar-refractivity contribution in [3.05, 3.63) is 23.3 Å². The molecule has 0 heterocycles. The second-order valence-electron chi connectivity index (χ2n) is 4.02. The average Bonchev–Trinajstić information content (AvgIpc) is 2.23. The van der Waals surface area contributed by atoms with Gasteiger partial charge in [0.25, 0.3) is 0 Å². The summed E-state index contributed by atoms with van der Waals surface area (Å²) in [7, 11) is 2.26. The van der Waals surface area contributed by atoms with Crippen molar-refractivity contribution in [2.75, 3.05) is 0 Å². The predicted molar refractivity (Wildman–Crippen MR) is 58.1 cm³/mol. The Morgan fingerprint density at radius 1 is 1.42 bits per heavy atom. The minimum atomic E-state index is 0.685. The van der Waals surface area contributed by atoms with Gasteiger partial charge >= 0.3 is 0 Å². The SMILES string of the molecule is BCCC1C(C)=C(C)C(=C)C1C. The molecule has 1 rings (SSSR count). The van der Waals surface area contributed by atoms with Crippen LogP contribution in [0.3, 0.4) is 0 Å². The van der Waals surface area contributed by atoms with Crippen LogP contribution < -0.4 is 0 Å². The quantitative estimate of drug-likeness (QED) is 0.547. The minimum absolute atomic E-state index is 0.685. The predicted octanol–water partition coefficient (Wildman–Crippen LogP) is 2.59. The molecular formula is C11H19B. The molecule has 0 aromatic rings. The first-order valence-electron chi connectivity index (χ1n) is 4.96. The molecule has 0 spiro atoms. The van der Waals surface area contributed by atoms with Gasteiger partial charge in [0.2, 0.25) is 0 Å². The van der Waals surface area contributed by atoms with Crippen LogP contribution in [0.25, 0.3) is 0 Å². The molecule has 2 atom stereocenters. The van der Waals surface area contributed by atoms with Gasteiger partial charge in [0.15, 0.2) is 0 Å². The Balaban J connectivity index is 2.84. The molecule has 0 fully saturated rings. The standard InChI is InChI=1S/C11H19B/c1-7-8(2)10(4)11(5-6-12)9(7)3/h9,11H,1,5-6,12H2,2-4H3. The van der Waals surface area contributed by atoms with Crippen LogP contribution in [0.2, 0.25) is 6.32 Å². The zero-order chi connectivity index (χ0) is 9.30. The third-order valence-electron chi connectivity index (χ3n) is 3.38. The molecule has 0 saturated carbocycles.